The first-order chi connectivity index (χ1) is 8.58. The van der Waals surface area contributed by atoms with Crippen molar-refractivity contribution in [2.45, 2.75) is 20.3 Å². The molecule has 0 atom stereocenters. The van der Waals surface area contributed by atoms with Gasteiger partial charge in [-0.3, -0.25) is 9.78 Å². The quantitative estimate of drug-likeness (QED) is 0.798. The van der Waals surface area contributed by atoms with E-state index >= 15 is 0 Å². The van der Waals surface area contributed by atoms with Gasteiger partial charge in [-0.15, -0.1) is 0 Å². The summed E-state index contributed by atoms with van der Waals surface area (Å²) in [5.74, 6) is -0.282. The van der Waals surface area contributed by atoms with Gasteiger partial charge >= 0.3 is 5.97 Å². The third-order valence-corrected chi connectivity index (χ3v) is 3.06. The molecule has 0 aliphatic heterocycles. The van der Waals surface area contributed by atoms with Gasteiger partial charge in [0.1, 0.15) is 0 Å². The molecule has 4 heteroatoms. The number of fused-ring (bicyclic) bond motifs is 1. The van der Waals surface area contributed by atoms with E-state index in [0.29, 0.717) is 18.1 Å². The second kappa shape index (κ2) is 5.36. The third kappa shape index (κ3) is 2.79. The molecule has 0 spiro atoms. The fourth-order valence-corrected chi connectivity index (χ4v) is 2.10. The molecule has 94 valence electrons. The highest BCUT2D eigenvalue weighted by Gasteiger charge is 2.08. The van der Waals surface area contributed by atoms with Gasteiger partial charge in [-0.2, -0.15) is 0 Å². The number of aryl methyl sites for hydroxylation is 1. The average molecular weight is 264 g/mol. The molecule has 0 saturated heterocycles. The van der Waals surface area contributed by atoms with Gasteiger partial charge in [-0.05, 0) is 19.1 Å². The second-order valence-corrected chi connectivity index (χ2v) is 4.55. The molecule has 3 nitrogen and oxygen atoms in total. The third-order valence-electron chi connectivity index (χ3n) is 2.71. The lowest BCUT2D eigenvalue weighted by molar-refractivity contribution is -0.140. The maximum Gasteiger partial charge on any atom is 0.302 e. The summed E-state index contributed by atoms with van der Waals surface area (Å²) >= 11 is 6.19. The lowest BCUT2D eigenvalue weighted by atomic mass is 10.1. The van der Waals surface area contributed by atoms with Crippen LogP contribution in [0.1, 0.15) is 18.2 Å². The van der Waals surface area contributed by atoms with E-state index in [1.165, 1.54) is 6.92 Å². The molecular weight excluding hydrogens is 250 g/mol. The minimum atomic E-state index is -0.282. The SMILES string of the molecule is CC(=O)OCCc1c(Cl)ccc2ccc(C)nc12. The molecule has 0 radical (unpaired) electrons. The van der Waals surface area contributed by atoms with Gasteiger partial charge < -0.3 is 4.74 Å². The predicted molar refractivity (Wildman–Crippen MR) is 71.8 cm³/mol. The molecule has 0 N–H and O–H groups in total. The Bertz CT molecular complexity index is 590. The first kappa shape index (κ1) is 12.8. The normalized spacial score (nSPS) is 10.6. The lowest BCUT2D eigenvalue weighted by Crippen LogP contribution is -2.04. The molecule has 0 fully saturated rings. The molecule has 18 heavy (non-hydrogen) atoms. The molecule has 1 heterocycles. The highest BCUT2D eigenvalue weighted by Crippen LogP contribution is 2.25. The maximum atomic E-state index is 10.8. The summed E-state index contributed by atoms with van der Waals surface area (Å²) in [4.78, 5) is 15.3. The van der Waals surface area contributed by atoms with Crippen molar-refractivity contribution >= 4 is 28.5 Å². The Kier molecular flexibility index (Phi) is 3.82. The number of nitrogens with zero attached hydrogens (tertiary/aromatic N) is 1. The van der Waals surface area contributed by atoms with Gasteiger partial charge in [0.15, 0.2) is 0 Å². The maximum absolute atomic E-state index is 10.8. The fourth-order valence-electron chi connectivity index (χ4n) is 1.85. The number of halogens is 1. The van der Waals surface area contributed by atoms with Gasteiger partial charge in [-0.25, -0.2) is 0 Å². The van der Waals surface area contributed by atoms with Crippen LogP contribution in [0.2, 0.25) is 5.02 Å². The first-order valence-corrected chi connectivity index (χ1v) is 6.14. The molecule has 0 unspecified atom stereocenters. The van der Waals surface area contributed by atoms with Gasteiger partial charge in [0.25, 0.3) is 0 Å². The van der Waals surface area contributed by atoms with Crippen LogP contribution in [0.15, 0.2) is 24.3 Å². The van der Waals surface area contributed by atoms with E-state index in [2.05, 4.69) is 4.98 Å². The largest absolute Gasteiger partial charge is 0.466 e. The summed E-state index contributed by atoms with van der Waals surface area (Å²) in [5, 5.41) is 1.70. The van der Waals surface area contributed by atoms with Crippen molar-refractivity contribution in [3.8, 4) is 0 Å². The Labute approximate surface area is 111 Å². The second-order valence-electron chi connectivity index (χ2n) is 4.14. The predicted octanol–water partition coefficient (Wildman–Crippen LogP) is 3.30. The van der Waals surface area contributed by atoms with Crippen molar-refractivity contribution in [3.63, 3.8) is 0 Å². The topological polar surface area (TPSA) is 39.2 Å². The van der Waals surface area contributed by atoms with Crippen molar-refractivity contribution < 1.29 is 9.53 Å². The number of benzene rings is 1. The van der Waals surface area contributed by atoms with E-state index in [0.717, 1.165) is 22.2 Å². The average Bonchev–Trinajstić information content (AvgIpc) is 2.31. The van der Waals surface area contributed by atoms with Crippen molar-refractivity contribution in [2.24, 2.45) is 0 Å². The van der Waals surface area contributed by atoms with E-state index in [1.807, 2.05) is 31.2 Å². The van der Waals surface area contributed by atoms with Crippen molar-refractivity contribution in [3.05, 3.63) is 40.5 Å². The molecular formula is C14H14ClNO2. The summed E-state index contributed by atoms with van der Waals surface area (Å²) in [5.41, 5.74) is 2.76. The van der Waals surface area contributed by atoms with Crippen LogP contribution in [-0.2, 0) is 16.0 Å². The van der Waals surface area contributed by atoms with Crippen LogP contribution in [0.25, 0.3) is 10.9 Å². The number of carbonyl (C=O) groups is 1. The van der Waals surface area contributed by atoms with E-state index in [1.54, 1.807) is 0 Å². The molecule has 0 amide bonds. The van der Waals surface area contributed by atoms with Gasteiger partial charge in [-0.1, -0.05) is 23.7 Å². The van der Waals surface area contributed by atoms with Gasteiger partial charge in [0.2, 0.25) is 0 Å². The standard InChI is InChI=1S/C14H14ClNO2/c1-9-3-4-11-5-6-13(15)12(14(11)16-9)7-8-18-10(2)17/h3-6H,7-8H2,1-2H3. The highest BCUT2D eigenvalue weighted by atomic mass is 35.5. The zero-order chi connectivity index (χ0) is 13.1. The molecule has 0 saturated carbocycles. The van der Waals surface area contributed by atoms with E-state index in [9.17, 15) is 4.79 Å². The highest BCUT2D eigenvalue weighted by molar-refractivity contribution is 6.32. The Morgan fingerprint density at radius 1 is 1.33 bits per heavy atom. The monoisotopic (exact) mass is 263 g/mol. The molecule has 2 aromatic rings. The summed E-state index contributed by atoms with van der Waals surface area (Å²) in [6.07, 6.45) is 0.576. The minimum absolute atomic E-state index is 0.282. The summed E-state index contributed by atoms with van der Waals surface area (Å²) in [6.45, 7) is 3.66. The zero-order valence-corrected chi connectivity index (χ0v) is 11.1. The van der Waals surface area contributed by atoms with Crippen LogP contribution in [0, 0.1) is 6.92 Å². The van der Waals surface area contributed by atoms with Crippen LogP contribution in [-0.4, -0.2) is 17.6 Å². The van der Waals surface area contributed by atoms with Crippen molar-refractivity contribution in [1.82, 2.24) is 4.98 Å². The summed E-state index contributed by atoms with van der Waals surface area (Å²) < 4.78 is 4.95. The molecule has 0 bridgehead atoms. The Balaban J connectivity index is 2.37. The Hall–Kier alpha value is -1.61. The first-order valence-electron chi connectivity index (χ1n) is 5.76. The number of ether oxygens (including phenoxy) is 1. The van der Waals surface area contributed by atoms with Gasteiger partial charge in [0, 0.05) is 35.0 Å². The lowest BCUT2D eigenvalue weighted by Gasteiger charge is -2.09. The summed E-state index contributed by atoms with van der Waals surface area (Å²) in [6, 6.07) is 7.78. The fraction of sp³-hybridized carbons (Fsp3) is 0.286. The van der Waals surface area contributed by atoms with Crippen LogP contribution in [0.5, 0.6) is 0 Å². The molecule has 1 aromatic heterocycles. The van der Waals surface area contributed by atoms with Crippen LogP contribution >= 0.6 is 11.6 Å². The zero-order valence-electron chi connectivity index (χ0n) is 10.4. The Morgan fingerprint density at radius 2 is 2.06 bits per heavy atom. The van der Waals surface area contributed by atoms with Crippen LogP contribution in [0.3, 0.4) is 0 Å². The van der Waals surface area contributed by atoms with Crippen molar-refractivity contribution in [1.29, 1.82) is 0 Å². The molecule has 0 aliphatic rings. The number of esters is 1. The van der Waals surface area contributed by atoms with Crippen LogP contribution < -0.4 is 0 Å². The van der Waals surface area contributed by atoms with Crippen molar-refractivity contribution in [2.75, 3.05) is 6.61 Å². The number of pyridine rings is 1. The molecule has 1 aromatic carbocycles. The van der Waals surface area contributed by atoms with Gasteiger partial charge in [0.05, 0.1) is 12.1 Å². The van der Waals surface area contributed by atoms with E-state index < -0.39 is 0 Å². The Morgan fingerprint density at radius 3 is 2.78 bits per heavy atom. The number of hydrogen-bond acceptors (Lipinski definition) is 3. The number of carbonyl (C=O) groups excluding carboxylic acids is 1. The summed E-state index contributed by atoms with van der Waals surface area (Å²) in [7, 11) is 0. The van der Waals surface area contributed by atoms with Crippen LogP contribution in [0.4, 0.5) is 0 Å². The number of hydrogen-bond donors (Lipinski definition) is 0. The molecule has 2 rings (SSSR count). The van der Waals surface area contributed by atoms with E-state index in [-0.39, 0.29) is 5.97 Å². The minimum Gasteiger partial charge on any atom is -0.466 e. The smallest absolute Gasteiger partial charge is 0.302 e. The molecule has 0 aliphatic carbocycles. The number of aromatic nitrogens is 1. The van der Waals surface area contributed by atoms with E-state index in [4.69, 9.17) is 16.3 Å². The number of rotatable bonds is 3.